The molecule has 0 aliphatic carbocycles. The number of carbonyl (C=O) groups is 3. The van der Waals surface area contributed by atoms with Crippen LogP contribution < -0.4 is 28.4 Å². The predicted octanol–water partition coefficient (Wildman–Crippen LogP) is 3.47. The van der Waals surface area contributed by atoms with Crippen LogP contribution in [0, 0.1) is 0 Å². The summed E-state index contributed by atoms with van der Waals surface area (Å²) in [6.07, 6.45) is 4.60. The summed E-state index contributed by atoms with van der Waals surface area (Å²) in [4.78, 5) is 33.7. The van der Waals surface area contributed by atoms with Crippen LogP contribution in [0.25, 0.3) is 17.0 Å². The van der Waals surface area contributed by atoms with Crippen molar-refractivity contribution in [3.05, 3.63) is 41.7 Å². The molecule has 41 heavy (non-hydrogen) atoms. The predicted molar refractivity (Wildman–Crippen MR) is 148 cm³/mol. The van der Waals surface area contributed by atoms with Crippen molar-refractivity contribution in [2.75, 3.05) is 62.8 Å². The number of aliphatic carboxylic acids is 2. The summed E-state index contributed by atoms with van der Waals surface area (Å²) in [7, 11) is 11.5. The fourth-order valence-corrected chi connectivity index (χ4v) is 3.66. The Hall–Kier alpha value is -4.91. The van der Waals surface area contributed by atoms with E-state index in [0.717, 1.165) is 0 Å². The zero-order valence-corrected chi connectivity index (χ0v) is 23.8. The van der Waals surface area contributed by atoms with Gasteiger partial charge in [0.25, 0.3) is 0 Å². The van der Waals surface area contributed by atoms with E-state index in [1.165, 1.54) is 47.9 Å². The minimum Gasteiger partial charge on any atom is -0.495 e. The monoisotopic (exact) mass is 575 g/mol. The molecule has 0 saturated carbocycles. The van der Waals surface area contributed by atoms with Crippen molar-refractivity contribution in [1.82, 2.24) is 4.90 Å². The first-order chi connectivity index (χ1) is 19.5. The van der Waals surface area contributed by atoms with Crippen LogP contribution in [0.4, 0.5) is 0 Å². The maximum absolute atomic E-state index is 13.6. The van der Waals surface area contributed by atoms with Gasteiger partial charge in [-0.05, 0) is 43.9 Å². The number of carbonyl (C=O) groups excluding carboxylic acids is 1. The number of hydrogen-bond donors (Lipinski definition) is 2. The van der Waals surface area contributed by atoms with Gasteiger partial charge in [0.05, 0.1) is 47.2 Å². The van der Waals surface area contributed by atoms with Crippen molar-refractivity contribution in [1.29, 1.82) is 0 Å². The van der Waals surface area contributed by atoms with Crippen molar-refractivity contribution >= 4 is 34.8 Å². The van der Waals surface area contributed by atoms with Crippen molar-refractivity contribution in [2.24, 2.45) is 0 Å². The molecule has 0 spiro atoms. The van der Waals surface area contributed by atoms with Crippen LogP contribution in [0.2, 0.25) is 0 Å². The number of likely N-dealkylation sites (N-methyl/N-ethyl adjacent to an activating group) is 1. The van der Waals surface area contributed by atoms with Crippen molar-refractivity contribution in [3.8, 4) is 34.5 Å². The van der Waals surface area contributed by atoms with E-state index < -0.39 is 11.9 Å². The molecule has 0 bridgehead atoms. The van der Waals surface area contributed by atoms with Gasteiger partial charge in [-0.3, -0.25) is 4.79 Å². The molecule has 0 fully saturated rings. The number of carboxylic acid groups (broad SMARTS) is 2. The SMILES string of the molecule is COc1cc(/C=C/C(=O)c2c(OCCN(C)C)c(OC)c3occc3c2OC)cc(OC)c1OC.O=C(O)C(=O)O. The van der Waals surface area contributed by atoms with Gasteiger partial charge in [-0.1, -0.05) is 6.08 Å². The number of ether oxygens (including phenoxy) is 6. The van der Waals surface area contributed by atoms with Crippen LogP contribution in [-0.2, 0) is 9.59 Å². The number of allylic oxidation sites excluding steroid dienone is 1. The third-order valence-electron chi connectivity index (χ3n) is 5.51. The van der Waals surface area contributed by atoms with Gasteiger partial charge in [-0.15, -0.1) is 0 Å². The quantitative estimate of drug-likeness (QED) is 0.183. The number of carboxylic acids is 2. The zero-order chi connectivity index (χ0) is 30.7. The number of hydrogen-bond acceptors (Lipinski definition) is 11. The molecule has 0 amide bonds. The molecule has 0 atom stereocenters. The fraction of sp³-hybridized carbons (Fsp3) is 0.321. The molecular formula is C28H33NO12. The number of fused-ring (bicyclic) bond motifs is 1. The second-order valence-electron chi connectivity index (χ2n) is 8.35. The Morgan fingerprint density at radius 3 is 1.85 bits per heavy atom. The maximum atomic E-state index is 13.6. The van der Waals surface area contributed by atoms with E-state index in [0.29, 0.717) is 58.4 Å². The first kappa shape index (κ1) is 32.3. The molecule has 3 aromatic rings. The average molecular weight is 576 g/mol. The summed E-state index contributed by atoms with van der Waals surface area (Å²) >= 11 is 0. The van der Waals surface area contributed by atoms with Gasteiger partial charge in [0.15, 0.2) is 28.6 Å². The summed E-state index contributed by atoms with van der Waals surface area (Å²) in [5.41, 5.74) is 1.35. The summed E-state index contributed by atoms with van der Waals surface area (Å²) in [5.74, 6) is -1.64. The zero-order valence-electron chi connectivity index (χ0n) is 23.8. The molecular weight excluding hydrogens is 542 g/mol. The number of benzene rings is 2. The summed E-state index contributed by atoms with van der Waals surface area (Å²) in [6, 6.07) is 5.22. The maximum Gasteiger partial charge on any atom is 0.414 e. The lowest BCUT2D eigenvalue weighted by Gasteiger charge is -2.18. The van der Waals surface area contributed by atoms with Crippen molar-refractivity contribution in [2.45, 2.75) is 0 Å². The molecule has 0 aliphatic heterocycles. The smallest absolute Gasteiger partial charge is 0.414 e. The van der Waals surface area contributed by atoms with Crippen LogP contribution in [0.1, 0.15) is 15.9 Å². The lowest BCUT2D eigenvalue weighted by atomic mass is 10.0. The van der Waals surface area contributed by atoms with Crippen LogP contribution in [0.5, 0.6) is 34.5 Å². The first-order valence-electron chi connectivity index (χ1n) is 12.0. The summed E-state index contributed by atoms with van der Waals surface area (Å²) < 4.78 is 39.1. The second kappa shape index (κ2) is 15.0. The minimum absolute atomic E-state index is 0.237. The molecule has 1 heterocycles. The molecule has 0 saturated heterocycles. The van der Waals surface area contributed by atoms with Crippen LogP contribution in [-0.4, -0.2) is 95.6 Å². The van der Waals surface area contributed by atoms with Gasteiger partial charge in [0.1, 0.15) is 17.9 Å². The molecule has 1 aromatic heterocycles. The average Bonchev–Trinajstić information content (AvgIpc) is 3.44. The highest BCUT2D eigenvalue weighted by molar-refractivity contribution is 6.27. The Morgan fingerprint density at radius 2 is 1.39 bits per heavy atom. The Balaban J connectivity index is 0.000000883. The normalized spacial score (nSPS) is 10.6. The molecule has 13 nitrogen and oxygen atoms in total. The van der Waals surface area contributed by atoms with E-state index in [-0.39, 0.29) is 17.1 Å². The van der Waals surface area contributed by atoms with Crippen molar-refractivity contribution in [3.63, 3.8) is 0 Å². The Morgan fingerprint density at radius 1 is 0.829 bits per heavy atom. The number of nitrogens with zero attached hydrogens (tertiary/aromatic N) is 1. The van der Waals surface area contributed by atoms with Gasteiger partial charge < -0.3 is 48.0 Å². The van der Waals surface area contributed by atoms with E-state index in [1.54, 1.807) is 24.3 Å². The highest BCUT2D eigenvalue weighted by Gasteiger charge is 2.28. The third kappa shape index (κ3) is 7.82. The highest BCUT2D eigenvalue weighted by Crippen LogP contribution is 2.47. The summed E-state index contributed by atoms with van der Waals surface area (Å²) in [5, 5.41) is 15.4. The topological polar surface area (TPSA) is 163 Å². The molecule has 2 N–H and O–H groups in total. The number of methoxy groups -OCH3 is 5. The molecule has 0 aliphatic rings. The Bertz CT molecular complexity index is 1370. The highest BCUT2D eigenvalue weighted by atomic mass is 16.5. The van der Waals surface area contributed by atoms with Crippen LogP contribution >= 0.6 is 0 Å². The minimum atomic E-state index is -1.82. The van der Waals surface area contributed by atoms with Gasteiger partial charge >= 0.3 is 11.9 Å². The molecule has 2 aromatic carbocycles. The lowest BCUT2D eigenvalue weighted by molar-refractivity contribution is -0.159. The molecule has 0 radical (unpaired) electrons. The number of furan rings is 1. The first-order valence-corrected chi connectivity index (χ1v) is 12.0. The fourth-order valence-electron chi connectivity index (χ4n) is 3.66. The second-order valence-corrected chi connectivity index (χ2v) is 8.35. The third-order valence-corrected chi connectivity index (χ3v) is 5.51. The summed E-state index contributed by atoms with van der Waals surface area (Å²) in [6.45, 7) is 0.964. The van der Waals surface area contributed by atoms with E-state index in [1.807, 2.05) is 19.0 Å². The van der Waals surface area contributed by atoms with E-state index in [4.69, 9.17) is 52.6 Å². The van der Waals surface area contributed by atoms with Gasteiger partial charge in [0.2, 0.25) is 11.5 Å². The van der Waals surface area contributed by atoms with E-state index in [2.05, 4.69) is 0 Å². The lowest BCUT2D eigenvalue weighted by Crippen LogP contribution is -2.20. The number of ketones is 1. The standard InChI is InChI=1S/C26H31NO8.C2H2O4/c1-27(2)11-13-35-25-21(22(31-5)17-10-12-34-23(17)26(25)33-7)18(28)9-8-16-14-19(29-3)24(32-6)20(15-16)30-4;3-1(4)2(5)6/h8-10,12,14-15H,11,13H2,1-7H3;(H,3,4)(H,5,6)/b9-8+;. The van der Waals surface area contributed by atoms with Gasteiger partial charge in [-0.25, -0.2) is 9.59 Å². The van der Waals surface area contributed by atoms with Crippen LogP contribution in [0.3, 0.4) is 0 Å². The van der Waals surface area contributed by atoms with E-state index in [9.17, 15) is 4.79 Å². The van der Waals surface area contributed by atoms with Crippen LogP contribution in [0.15, 0.2) is 35.0 Å². The van der Waals surface area contributed by atoms with Crippen molar-refractivity contribution < 1.29 is 57.4 Å². The molecule has 3 rings (SSSR count). The molecule has 222 valence electrons. The largest absolute Gasteiger partial charge is 0.495 e. The Kier molecular flexibility index (Phi) is 11.8. The molecule has 0 unspecified atom stereocenters. The molecule has 13 heteroatoms. The number of rotatable bonds is 12. The van der Waals surface area contributed by atoms with E-state index >= 15 is 0 Å². The van der Waals surface area contributed by atoms with Gasteiger partial charge in [0, 0.05) is 6.54 Å². The Labute approximate surface area is 236 Å². The van der Waals surface area contributed by atoms with Gasteiger partial charge in [-0.2, -0.15) is 0 Å².